The van der Waals surface area contributed by atoms with Gasteiger partial charge in [-0.25, -0.2) is 0 Å². The molecule has 0 spiro atoms. The zero-order valence-electron chi connectivity index (χ0n) is 13.3. The molecule has 1 saturated heterocycles. The number of hydrogen-bond acceptors (Lipinski definition) is 2. The molecule has 2 amide bonds. The van der Waals surface area contributed by atoms with Gasteiger partial charge in [-0.1, -0.05) is 23.7 Å². The van der Waals surface area contributed by atoms with Crippen LogP contribution in [-0.4, -0.2) is 34.8 Å². The van der Waals surface area contributed by atoms with Crippen LogP contribution < -0.4 is 5.32 Å². The van der Waals surface area contributed by atoms with Crippen LogP contribution in [-0.2, 0) is 11.2 Å². The number of aromatic amines is 1. The van der Waals surface area contributed by atoms with Crippen LogP contribution in [0.1, 0.15) is 35.3 Å². The lowest BCUT2D eigenvalue weighted by Gasteiger charge is -2.15. The number of anilines is 1. The van der Waals surface area contributed by atoms with Gasteiger partial charge in [0, 0.05) is 31.4 Å². The van der Waals surface area contributed by atoms with E-state index in [1.165, 1.54) is 0 Å². The van der Waals surface area contributed by atoms with E-state index in [2.05, 4.69) is 10.3 Å². The van der Waals surface area contributed by atoms with Gasteiger partial charge in [0.2, 0.25) is 5.91 Å². The average molecular weight is 346 g/mol. The van der Waals surface area contributed by atoms with Crippen LogP contribution in [0.25, 0.3) is 0 Å². The molecule has 1 aromatic carbocycles. The van der Waals surface area contributed by atoms with Crippen LogP contribution in [0, 0.1) is 0 Å². The Morgan fingerprint density at radius 3 is 2.50 bits per heavy atom. The first-order chi connectivity index (χ1) is 11.6. The van der Waals surface area contributed by atoms with E-state index < -0.39 is 0 Å². The molecule has 6 heteroatoms. The number of amides is 2. The summed E-state index contributed by atoms with van der Waals surface area (Å²) in [4.78, 5) is 28.8. The van der Waals surface area contributed by atoms with Crippen LogP contribution in [0.2, 0.25) is 5.02 Å². The summed E-state index contributed by atoms with van der Waals surface area (Å²) in [6, 6.07) is 9.15. The van der Waals surface area contributed by atoms with Crippen LogP contribution in [0.5, 0.6) is 0 Å². The van der Waals surface area contributed by atoms with E-state index in [4.69, 9.17) is 11.6 Å². The monoisotopic (exact) mass is 345 g/mol. The van der Waals surface area contributed by atoms with Crippen molar-refractivity contribution in [3.63, 3.8) is 0 Å². The molecule has 0 radical (unpaired) electrons. The second-order valence-corrected chi connectivity index (χ2v) is 6.41. The van der Waals surface area contributed by atoms with E-state index in [1.54, 1.807) is 12.3 Å². The molecule has 24 heavy (non-hydrogen) atoms. The molecule has 1 aliphatic heterocycles. The molecule has 3 rings (SSSR count). The van der Waals surface area contributed by atoms with Crippen molar-refractivity contribution in [2.24, 2.45) is 0 Å². The number of aromatic nitrogens is 1. The number of carbonyl (C=O) groups is 2. The number of rotatable bonds is 5. The topological polar surface area (TPSA) is 65.2 Å². The molecule has 2 N–H and O–H groups in total. The Balaban J connectivity index is 1.51. The molecule has 1 fully saturated rings. The molecule has 126 valence electrons. The minimum absolute atomic E-state index is 0.230. The molecule has 0 atom stereocenters. The Hall–Kier alpha value is -2.27. The normalized spacial score (nSPS) is 14.0. The quantitative estimate of drug-likeness (QED) is 0.871. The zero-order chi connectivity index (χ0) is 16.9. The molecular weight excluding hydrogens is 326 g/mol. The first kappa shape index (κ1) is 16.6. The van der Waals surface area contributed by atoms with Crippen LogP contribution in [0.15, 0.2) is 36.5 Å². The van der Waals surface area contributed by atoms with Gasteiger partial charge in [0.25, 0.3) is 5.91 Å². The summed E-state index contributed by atoms with van der Waals surface area (Å²) in [5.74, 6) is -0.00707. The predicted molar refractivity (Wildman–Crippen MR) is 94.3 cm³/mol. The number of aryl methyl sites for hydroxylation is 1. The lowest BCUT2D eigenvalue weighted by molar-refractivity contribution is -0.130. The molecule has 0 aliphatic carbocycles. The van der Waals surface area contributed by atoms with Crippen molar-refractivity contribution in [3.05, 3.63) is 52.8 Å². The van der Waals surface area contributed by atoms with Crippen LogP contribution >= 0.6 is 11.6 Å². The summed E-state index contributed by atoms with van der Waals surface area (Å²) in [5, 5.41) is 3.30. The van der Waals surface area contributed by atoms with Gasteiger partial charge in [-0.2, -0.15) is 0 Å². The Kier molecular flexibility index (Phi) is 5.20. The lowest BCUT2D eigenvalue weighted by atomic mass is 10.1. The van der Waals surface area contributed by atoms with Crippen molar-refractivity contribution in [1.82, 2.24) is 9.88 Å². The number of hydrogen-bond donors (Lipinski definition) is 2. The van der Waals surface area contributed by atoms with E-state index in [0.29, 0.717) is 22.8 Å². The number of carbonyl (C=O) groups excluding carboxylic acids is 2. The smallest absolute Gasteiger partial charge is 0.272 e. The highest BCUT2D eigenvalue weighted by Crippen LogP contribution is 2.15. The van der Waals surface area contributed by atoms with Gasteiger partial charge < -0.3 is 15.2 Å². The standard InChI is InChI=1S/C18H20ClN3O2/c19-14-11-16(20-12-14)18(24)21-15-6-3-13(4-7-15)5-8-17(23)22-9-1-2-10-22/h3-4,6-7,11-12,20H,1-2,5,8-10H2,(H,21,24). The maximum atomic E-state index is 12.0. The first-order valence-electron chi connectivity index (χ1n) is 8.14. The third kappa shape index (κ3) is 4.17. The fourth-order valence-electron chi connectivity index (χ4n) is 2.83. The number of nitrogens with zero attached hydrogens (tertiary/aromatic N) is 1. The van der Waals surface area contributed by atoms with Gasteiger partial charge in [0.05, 0.1) is 5.02 Å². The molecule has 1 aliphatic rings. The van der Waals surface area contributed by atoms with E-state index in [9.17, 15) is 9.59 Å². The van der Waals surface area contributed by atoms with Crippen LogP contribution in [0.3, 0.4) is 0 Å². The van der Waals surface area contributed by atoms with E-state index in [0.717, 1.165) is 37.9 Å². The van der Waals surface area contributed by atoms with E-state index in [1.807, 2.05) is 29.2 Å². The van der Waals surface area contributed by atoms with Crippen molar-refractivity contribution in [3.8, 4) is 0 Å². The minimum Gasteiger partial charge on any atom is -0.356 e. The Labute approximate surface area is 146 Å². The Morgan fingerprint density at radius 1 is 1.17 bits per heavy atom. The number of benzene rings is 1. The Bertz CT molecular complexity index is 718. The fourth-order valence-corrected chi connectivity index (χ4v) is 2.99. The van der Waals surface area contributed by atoms with E-state index >= 15 is 0 Å². The highest BCUT2D eigenvalue weighted by molar-refractivity contribution is 6.31. The van der Waals surface area contributed by atoms with Gasteiger partial charge in [-0.3, -0.25) is 9.59 Å². The van der Waals surface area contributed by atoms with Gasteiger partial charge in [0.1, 0.15) is 5.69 Å². The number of halogens is 1. The summed E-state index contributed by atoms with van der Waals surface area (Å²) in [6.07, 6.45) is 5.05. The number of nitrogens with one attached hydrogen (secondary N) is 2. The van der Waals surface area contributed by atoms with Gasteiger partial charge in [0.15, 0.2) is 0 Å². The van der Waals surface area contributed by atoms with Gasteiger partial charge in [-0.05, 0) is 43.0 Å². The van der Waals surface area contributed by atoms with E-state index in [-0.39, 0.29) is 11.8 Å². The highest BCUT2D eigenvalue weighted by atomic mass is 35.5. The summed E-state index contributed by atoms with van der Waals surface area (Å²) in [5.41, 5.74) is 2.21. The van der Waals surface area contributed by atoms with Gasteiger partial charge in [-0.15, -0.1) is 0 Å². The number of likely N-dealkylation sites (tertiary alicyclic amines) is 1. The summed E-state index contributed by atoms with van der Waals surface area (Å²) in [7, 11) is 0. The van der Waals surface area contributed by atoms with Crippen molar-refractivity contribution >= 4 is 29.1 Å². The van der Waals surface area contributed by atoms with Crippen molar-refractivity contribution in [2.75, 3.05) is 18.4 Å². The summed E-state index contributed by atoms with van der Waals surface area (Å²) >= 11 is 5.79. The maximum absolute atomic E-state index is 12.0. The summed E-state index contributed by atoms with van der Waals surface area (Å²) < 4.78 is 0. The molecule has 0 saturated carbocycles. The SMILES string of the molecule is O=C(Nc1ccc(CCC(=O)N2CCCC2)cc1)c1cc(Cl)c[nH]1. The second kappa shape index (κ2) is 7.53. The highest BCUT2D eigenvalue weighted by Gasteiger charge is 2.17. The molecule has 2 heterocycles. The molecule has 2 aromatic rings. The minimum atomic E-state index is -0.237. The van der Waals surface area contributed by atoms with Crippen molar-refractivity contribution < 1.29 is 9.59 Å². The van der Waals surface area contributed by atoms with Crippen LogP contribution in [0.4, 0.5) is 5.69 Å². The van der Waals surface area contributed by atoms with Crippen molar-refractivity contribution in [2.45, 2.75) is 25.7 Å². The maximum Gasteiger partial charge on any atom is 0.272 e. The molecule has 0 bridgehead atoms. The second-order valence-electron chi connectivity index (χ2n) is 5.97. The predicted octanol–water partition coefficient (Wildman–Crippen LogP) is 3.48. The Morgan fingerprint density at radius 2 is 1.88 bits per heavy atom. The number of H-pyrrole nitrogens is 1. The zero-order valence-corrected chi connectivity index (χ0v) is 14.1. The lowest BCUT2D eigenvalue weighted by Crippen LogP contribution is -2.27. The average Bonchev–Trinajstić information content (AvgIpc) is 3.25. The molecule has 5 nitrogen and oxygen atoms in total. The summed E-state index contributed by atoms with van der Waals surface area (Å²) in [6.45, 7) is 1.79. The third-order valence-electron chi connectivity index (χ3n) is 4.19. The largest absolute Gasteiger partial charge is 0.356 e. The first-order valence-corrected chi connectivity index (χ1v) is 8.51. The van der Waals surface area contributed by atoms with Gasteiger partial charge >= 0.3 is 0 Å². The molecular formula is C18H20ClN3O2. The fraction of sp³-hybridized carbons (Fsp3) is 0.333. The third-order valence-corrected chi connectivity index (χ3v) is 4.41. The molecule has 0 unspecified atom stereocenters. The molecule has 1 aromatic heterocycles. The van der Waals surface area contributed by atoms with Crippen molar-refractivity contribution in [1.29, 1.82) is 0 Å².